The fraction of sp³-hybridized carbons (Fsp3) is 0.400. The van der Waals surface area contributed by atoms with E-state index in [1.807, 2.05) is 31.2 Å². The number of nitrogens with one attached hydrogen (secondary N) is 1. The Kier molecular flexibility index (Phi) is 3.06. The first-order valence-corrected chi connectivity index (χ1v) is 4.49. The van der Waals surface area contributed by atoms with Gasteiger partial charge in [-0.1, -0.05) is 31.2 Å². The molecular formula is C10H13NO3. The number of aliphatic carboxylic acids is 1. The molecule has 1 amide bonds. The SMILES string of the molecule is CC[C@@]1(NC(=O)C(=O)O)C=CC=CC1. The van der Waals surface area contributed by atoms with Crippen molar-refractivity contribution < 1.29 is 14.7 Å². The predicted octanol–water partition coefficient (Wildman–Crippen LogP) is 0.852. The van der Waals surface area contributed by atoms with Gasteiger partial charge in [-0.2, -0.15) is 0 Å². The lowest BCUT2D eigenvalue weighted by Crippen LogP contribution is -2.49. The van der Waals surface area contributed by atoms with Crippen molar-refractivity contribution in [2.45, 2.75) is 25.3 Å². The van der Waals surface area contributed by atoms with Crippen LogP contribution in [0.4, 0.5) is 0 Å². The van der Waals surface area contributed by atoms with Crippen molar-refractivity contribution in [1.29, 1.82) is 0 Å². The first-order chi connectivity index (χ1) is 6.59. The highest BCUT2D eigenvalue weighted by Crippen LogP contribution is 2.21. The van der Waals surface area contributed by atoms with Gasteiger partial charge in [0.25, 0.3) is 0 Å². The normalized spacial score (nSPS) is 24.6. The van der Waals surface area contributed by atoms with Crippen LogP contribution in [0.1, 0.15) is 19.8 Å². The summed E-state index contributed by atoms with van der Waals surface area (Å²) < 4.78 is 0. The summed E-state index contributed by atoms with van der Waals surface area (Å²) in [5.41, 5.74) is -0.524. The summed E-state index contributed by atoms with van der Waals surface area (Å²) in [6, 6.07) is 0. The van der Waals surface area contributed by atoms with E-state index in [1.165, 1.54) is 0 Å². The summed E-state index contributed by atoms with van der Waals surface area (Å²) in [7, 11) is 0. The zero-order valence-electron chi connectivity index (χ0n) is 7.99. The van der Waals surface area contributed by atoms with Gasteiger partial charge < -0.3 is 10.4 Å². The Balaban J connectivity index is 2.72. The third kappa shape index (κ3) is 2.22. The maximum atomic E-state index is 11.0. The number of carboxylic acids is 1. The number of allylic oxidation sites excluding steroid dienone is 2. The monoisotopic (exact) mass is 195 g/mol. The van der Waals surface area contributed by atoms with Crippen LogP contribution in [0.2, 0.25) is 0 Å². The molecule has 0 aromatic carbocycles. The number of rotatable bonds is 2. The summed E-state index contributed by atoms with van der Waals surface area (Å²) in [5.74, 6) is -2.40. The van der Waals surface area contributed by atoms with Crippen LogP contribution in [0.25, 0.3) is 0 Å². The van der Waals surface area contributed by atoms with Crippen LogP contribution >= 0.6 is 0 Å². The van der Waals surface area contributed by atoms with Gasteiger partial charge >= 0.3 is 11.9 Å². The molecular weight excluding hydrogens is 182 g/mol. The van der Waals surface area contributed by atoms with Gasteiger partial charge in [0.05, 0.1) is 5.54 Å². The predicted molar refractivity (Wildman–Crippen MR) is 51.7 cm³/mol. The second kappa shape index (κ2) is 4.09. The number of carbonyl (C=O) groups excluding carboxylic acids is 1. The maximum absolute atomic E-state index is 11.0. The van der Waals surface area contributed by atoms with Crippen LogP contribution in [-0.4, -0.2) is 22.5 Å². The number of hydrogen-bond donors (Lipinski definition) is 2. The molecule has 4 heteroatoms. The summed E-state index contributed by atoms with van der Waals surface area (Å²) in [5, 5.41) is 11.0. The molecule has 0 saturated heterocycles. The molecule has 1 atom stereocenters. The summed E-state index contributed by atoms with van der Waals surface area (Å²) in [6.45, 7) is 1.91. The lowest BCUT2D eigenvalue weighted by atomic mass is 9.88. The Bertz CT molecular complexity index is 306. The molecule has 1 aliphatic rings. The van der Waals surface area contributed by atoms with Crippen molar-refractivity contribution in [2.24, 2.45) is 0 Å². The second-order valence-electron chi connectivity index (χ2n) is 3.26. The second-order valence-corrected chi connectivity index (χ2v) is 3.26. The highest BCUT2D eigenvalue weighted by Gasteiger charge is 2.29. The molecule has 76 valence electrons. The molecule has 0 fully saturated rings. The van der Waals surface area contributed by atoms with Gasteiger partial charge in [-0.25, -0.2) is 4.79 Å². The minimum atomic E-state index is -1.44. The van der Waals surface area contributed by atoms with E-state index in [2.05, 4.69) is 5.32 Å². The minimum absolute atomic E-state index is 0.524. The van der Waals surface area contributed by atoms with Crippen molar-refractivity contribution in [3.8, 4) is 0 Å². The van der Waals surface area contributed by atoms with Crippen LogP contribution in [0.3, 0.4) is 0 Å². The lowest BCUT2D eigenvalue weighted by molar-refractivity contribution is -0.151. The Labute approximate surface area is 82.3 Å². The van der Waals surface area contributed by atoms with E-state index in [0.717, 1.165) is 0 Å². The number of amides is 1. The largest absolute Gasteiger partial charge is 0.474 e. The summed E-state index contributed by atoms with van der Waals surface area (Å²) >= 11 is 0. The van der Waals surface area contributed by atoms with E-state index >= 15 is 0 Å². The number of carbonyl (C=O) groups is 2. The Hall–Kier alpha value is -1.58. The highest BCUT2D eigenvalue weighted by molar-refractivity contribution is 6.31. The molecule has 4 nitrogen and oxygen atoms in total. The molecule has 0 aliphatic heterocycles. The third-order valence-corrected chi connectivity index (χ3v) is 2.33. The fourth-order valence-corrected chi connectivity index (χ4v) is 1.39. The van der Waals surface area contributed by atoms with Gasteiger partial charge in [-0.3, -0.25) is 4.79 Å². The van der Waals surface area contributed by atoms with Gasteiger partial charge in [-0.05, 0) is 12.8 Å². The molecule has 14 heavy (non-hydrogen) atoms. The van der Waals surface area contributed by atoms with Crippen LogP contribution < -0.4 is 5.32 Å². The van der Waals surface area contributed by atoms with Crippen LogP contribution in [0, 0.1) is 0 Å². The molecule has 1 aliphatic carbocycles. The van der Waals surface area contributed by atoms with Crippen LogP contribution in [-0.2, 0) is 9.59 Å². The summed E-state index contributed by atoms with van der Waals surface area (Å²) in [6.07, 6.45) is 8.74. The molecule has 0 bridgehead atoms. The van der Waals surface area contributed by atoms with E-state index in [1.54, 1.807) is 0 Å². The molecule has 0 unspecified atom stereocenters. The van der Waals surface area contributed by atoms with E-state index in [9.17, 15) is 9.59 Å². The fourth-order valence-electron chi connectivity index (χ4n) is 1.39. The van der Waals surface area contributed by atoms with Gasteiger partial charge in [0.1, 0.15) is 0 Å². The first-order valence-electron chi connectivity index (χ1n) is 4.49. The topological polar surface area (TPSA) is 66.4 Å². The third-order valence-electron chi connectivity index (χ3n) is 2.33. The van der Waals surface area contributed by atoms with E-state index < -0.39 is 17.4 Å². The number of carboxylic acid groups (broad SMARTS) is 1. The zero-order chi connectivity index (χ0) is 10.6. The molecule has 0 saturated carbocycles. The Morgan fingerprint density at radius 2 is 2.21 bits per heavy atom. The number of hydrogen-bond acceptors (Lipinski definition) is 2. The van der Waals surface area contributed by atoms with E-state index in [4.69, 9.17) is 5.11 Å². The van der Waals surface area contributed by atoms with Crippen molar-refractivity contribution in [3.63, 3.8) is 0 Å². The molecule has 1 rings (SSSR count). The molecule has 0 spiro atoms. The van der Waals surface area contributed by atoms with E-state index in [0.29, 0.717) is 12.8 Å². The van der Waals surface area contributed by atoms with Crippen molar-refractivity contribution in [1.82, 2.24) is 5.32 Å². The van der Waals surface area contributed by atoms with Crippen LogP contribution in [0.15, 0.2) is 24.3 Å². The molecule has 0 aromatic rings. The van der Waals surface area contributed by atoms with Crippen molar-refractivity contribution in [2.75, 3.05) is 0 Å². The molecule has 0 radical (unpaired) electrons. The van der Waals surface area contributed by atoms with Gasteiger partial charge in [0.15, 0.2) is 0 Å². The zero-order valence-corrected chi connectivity index (χ0v) is 7.99. The standard InChI is InChI=1S/C10H13NO3/c1-2-10(6-4-3-5-7-10)11-8(12)9(13)14/h3-6H,2,7H2,1H3,(H,11,12)(H,13,14)/t10-/m1/s1. The van der Waals surface area contributed by atoms with Gasteiger partial charge in [0.2, 0.25) is 0 Å². The Morgan fingerprint density at radius 1 is 1.50 bits per heavy atom. The van der Waals surface area contributed by atoms with Gasteiger partial charge in [-0.15, -0.1) is 0 Å². The van der Waals surface area contributed by atoms with Gasteiger partial charge in [0, 0.05) is 0 Å². The maximum Gasteiger partial charge on any atom is 0.394 e. The minimum Gasteiger partial charge on any atom is -0.474 e. The summed E-state index contributed by atoms with van der Waals surface area (Å²) in [4.78, 5) is 21.4. The lowest BCUT2D eigenvalue weighted by Gasteiger charge is -2.30. The first kappa shape index (κ1) is 10.5. The average Bonchev–Trinajstić information content (AvgIpc) is 2.19. The van der Waals surface area contributed by atoms with Crippen molar-refractivity contribution in [3.05, 3.63) is 24.3 Å². The Morgan fingerprint density at radius 3 is 2.64 bits per heavy atom. The van der Waals surface area contributed by atoms with Crippen LogP contribution in [0.5, 0.6) is 0 Å². The van der Waals surface area contributed by atoms with Crippen molar-refractivity contribution >= 4 is 11.9 Å². The molecule has 0 aromatic heterocycles. The molecule has 0 heterocycles. The smallest absolute Gasteiger partial charge is 0.394 e. The average molecular weight is 195 g/mol. The molecule has 2 N–H and O–H groups in total. The quantitative estimate of drug-likeness (QED) is 0.642. The van der Waals surface area contributed by atoms with E-state index in [-0.39, 0.29) is 0 Å². The highest BCUT2D eigenvalue weighted by atomic mass is 16.4.